The summed E-state index contributed by atoms with van der Waals surface area (Å²) >= 11 is 0. The Morgan fingerprint density at radius 2 is 1.90 bits per heavy atom. The smallest absolute Gasteiger partial charge is 0.319 e. The number of urea groups is 1. The van der Waals surface area contributed by atoms with Crippen LogP contribution in [0.2, 0.25) is 0 Å². The van der Waals surface area contributed by atoms with Crippen LogP contribution in [-0.4, -0.2) is 74.8 Å². The molecule has 0 unspecified atom stereocenters. The molecule has 2 amide bonds. The van der Waals surface area contributed by atoms with Gasteiger partial charge in [0.1, 0.15) is 11.4 Å². The maximum absolute atomic E-state index is 12.0. The highest BCUT2D eigenvalue weighted by Gasteiger charge is 2.22. The van der Waals surface area contributed by atoms with Gasteiger partial charge in [0.25, 0.3) is 0 Å². The highest BCUT2D eigenvalue weighted by Crippen LogP contribution is 2.30. The molecule has 0 saturated carbocycles. The van der Waals surface area contributed by atoms with Crippen LogP contribution in [0.25, 0.3) is 11.4 Å². The molecule has 4 N–H and O–H groups in total. The van der Waals surface area contributed by atoms with Gasteiger partial charge >= 0.3 is 6.03 Å². The van der Waals surface area contributed by atoms with Crippen LogP contribution in [-0.2, 0) is 9.47 Å². The molecule has 2 aliphatic heterocycles. The summed E-state index contributed by atoms with van der Waals surface area (Å²) in [5.41, 5.74) is 2.72. The molecule has 0 atom stereocenters. The largest absolute Gasteiger partial charge is 0.383 e. The van der Waals surface area contributed by atoms with E-state index in [4.69, 9.17) is 19.9 Å². The number of hydrogen-bond acceptors (Lipinski definition) is 8. The van der Waals surface area contributed by atoms with Gasteiger partial charge in [-0.05, 0) is 24.3 Å². The molecular formula is C20H25N7O3. The fourth-order valence-electron chi connectivity index (χ4n) is 3.32. The normalized spacial score (nSPS) is 16.5. The fourth-order valence-corrected chi connectivity index (χ4v) is 3.32. The number of rotatable bonds is 6. The van der Waals surface area contributed by atoms with E-state index in [1.165, 1.54) is 6.21 Å². The number of nitrogens with zero attached hydrogens (tertiary/aromatic N) is 3. The monoisotopic (exact) mass is 411 g/mol. The first kappa shape index (κ1) is 20.0. The molecule has 4 rings (SSSR count). The van der Waals surface area contributed by atoms with Crippen molar-refractivity contribution in [1.29, 1.82) is 5.41 Å². The summed E-state index contributed by atoms with van der Waals surface area (Å²) in [6.45, 7) is 3.83. The van der Waals surface area contributed by atoms with Gasteiger partial charge in [0, 0.05) is 37.6 Å². The van der Waals surface area contributed by atoms with Crippen molar-refractivity contribution >= 4 is 29.4 Å². The third-order valence-electron chi connectivity index (χ3n) is 4.99. The van der Waals surface area contributed by atoms with Crippen LogP contribution < -0.4 is 20.9 Å². The van der Waals surface area contributed by atoms with Gasteiger partial charge in [0.2, 0.25) is 0 Å². The van der Waals surface area contributed by atoms with E-state index >= 15 is 0 Å². The predicted octanol–water partition coefficient (Wildman–Crippen LogP) is 1.54. The lowest BCUT2D eigenvalue weighted by Crippen LogP contribution is -2.49. The van der Waals surface area contributed by atoms with E-state index in [9.17, 15) is 4.79 Å². The topological polar surface area (TPSA) is 124 Å². The Morgan fingerprint density at radius 3 is 2.50 bits per heavy atom. The molecule has 2 saturated heterocycles. The molecule has 30 heavy (non-hydrogen) atoms. The van der Waals surface area contributed by atoms with E-state index in [0.29, 0.717) is 43.6 Å². The Hall–Kier alpha value is -3.24. The summed E-state index contributed by atoms with van der Waals surface area (Å²) in [5, 5.41) is 16.6. The number of carbonyl (C=O) groups is 1. The van der Waals surface area contributed by atoms with Crippen molar-refractivity contribution in [2.24, 2.45) is 0 Å². The molecule has 10 heteroatoms. The van der Waals surface area contributed by atoms with Gasteiger partial charge in [-0.3, -0.25) is 0 Å². The van der Waals surface area contributed by atoms with Crippen molar-refractivity contribution in [2.75, 3.05) is 62.1 Å². The van der Waals surface area contributed by atoms with Crippen LogP contribution in [0.5, 0.6) is 0 Å². The van der Waals surface area contributed by atoms with Gasteiger partial charge in [0.15, 0.2) is 11.6 Å². The van der Waals surface area contributed by atoms with Crippen molar-refractivity contribution in [3.8, 4) is 11.4 Å². The summed E-state index contributed by atoms with van der Waals surface area (Å²) < 4.78 is 10.5. The van der Waals surface area contributed by atoms with Gasteiger partial charge in [-0.25, -0.2) is 14.8 Å². The molecule has 2 fully saturated rings. The number of nitrogens with one attached hydrogen (secondary N) is 4. The maximum Gasteiger partial charge on any atom is 0.319 e. The second-order valence-electron chi connectivity index (χ2n) is 7.04. The number of hydrogen-bond donors (Lipinski definition) is 4. The second-order valence-corrected chi connectivity index (χ2v) is 7.04. The van der Waals surface area contributed by atoms with Gasteiger partial charge < -0.3 is 35.7 Å². The van der Waals surface area contributed by atoms with E-state index < -0.39 is 0 Å². The predicted molar refractivity (Wildman–Crippen MR) is 115 cm³/mol. The highest BCUT2D eigenvalue weighted by molar-refractivity contribution is 5.91. The molecule has 3 heterocycles. The first-order chi connectivity index (χ1) is 14.7. The average Bonchev–Trinajstić information content (AvgIpc) is 2.76. The summed E-state index contributed by atoms with van der Waals surface area (Å²) in [5.74, 6) is 1.28. The Balaban J connectivity index is 1.56. The quantitative estimate of drug-likeness (QED) is 0.532. The lowest BCUT2D eigenvalue weighted by Gasteiger charge is -2.30. The van der Waals surface area contributed by atoms with Crippen LogP contribution in [0.4, 0.5) is 22.0 Å². The van der Waals surface area contributed by atoms with Gasteiger partial charge in [-0.15, -0.1) is 0 Å². The van der Waals surface area contributed by atoms with E-state index in [1.807, 2.05) is 12.1 Å². The van der Waals surface area contributed by atoms with E-state index in [-0.39, 0.29) is 12.1 Å². The second kappa shape index (κ2) is 9.06. The molecule has 0 aliphatic carbocycles. The Morgan fingerprint density at radius 1 is 1.17 bits per heavy atom. The number of anilines is 3. The minimum atomic E-state index is -0.258. The fraction of sp³-hybridized carbons (Fsp3) is 0.400. The van der Waals surface area contributed by atoms with Crippen LogP contribution >= 0.6 is 0 Å². The average molecular weight is 411 g/mol. The highest BCUT2D eigenvalue weighted by atomic mass is 16.5. The van der Waals surface area contributed by atoms with Crippen molar-refractivity contribution in [2.45, 2.75) is 6.04 Å². The summed E-state index contributed by atoms with van der Waals surface area (Å²) in [6, 6.07) is 7.13. The molecule has 10 nitrogen and oxygen atoms in total. The van der Waals surface area contributed by atoms with Crippen molar-refractivity contribution in [3.63, 3.8) is 0 Å². The minimum Gasteiger partial charge on any atom is -0.383 e. The molecule has 0 spiro atoms. The zero-order valence-corrected chi connectivity index (χ0v) is 16.8. The number of amides is 2. The summed E-state index contributed by atoms with van der Waals surface area (Å²) in [7, 11) is 1.80. The van der Waals surface area contributed by atoms with Crippen LogP contribution in [0, 0.1) is 5.41 Å². The van der Waals surface area contributed by atoms with Gasteiger partial charge in [-0.2, -0.15) is 0 Å². The molecule has 158 valence electrons. The Bertz CT molecular complexity index is 909. The molecule has 0 bridgehead atoms. The zero-order chi connectivity index (χ0) is 20.9. The van der Waals surface area contributed by atoms with Gasteiger partial charge in [-0.1, -0.05) is 0 Å². The molecular weight excluding hydrogens is 386 g/mol. The standard InChI is InChI=1S/C20H25N7O3/c1-22-17-16(10-21)25-18(26-19(17)27-6-8-29-9-7-27)13-2-4-14(5-3-13)23-20(28)24-15-11-30-12-15/h2-5,10,15,21-22H,6-9,11-12H2,1H3,(H2,23,24,28). The van der Waals surface area contributed by atoms with Crippen LogP contribution in [0.3, 0.4) is 0 Å². The van der Waals surface area contributed by atoms with E-state index in [2.05, 4.69) is 25.8 Å². The molecule has 1 aromatic carbocycles. The SMILES string of the molecule is CNc1c(C=N)nc(-c2ccc(NC(=O)NC3COC3)cc2)nc1N1CCOCC1. The van der Waals surface area contributed by atoms with Crippen LogP contribution in [0.15, 0.2) is 24.3 Å². The molecule has 1 aromatic heterocycles. The Kier molecular flexibility index (Phi) is 6.05. The number of morpholine rings is 1. The third-order valence-corrected chi connectivity index (χ3v) is 4.99. The Labute approximate surface area is 174 Å². The number of aromatic nitrogens is 2. The van der Waals surface area contributed by atoms with Crippen molar-refractivity contribution in [1.82, 2.24) is 15.3 Å². The first-order valence-electron chi connectivity index (χ1n) is 9.86. The zero-order valence-electron chi connectivity index (χ0n) is 16.8. The third kappa shape index (κ3) is 4.34. The lowest BCUT2D eigenvalue weighted by atomic mass is 10.1. The van der Waals surface area contributed by atoms with Crippen molar-refractivity contribution < 1.29 is 14.3 Å². The summed E-state index contributed by atoms with van der Waals surface area (Å²) in [6.07, 6.45) is 1.23. The molecule has 2 aromatic rings. The minimum absolute atomic E-state index is 0.0708. The van der Waals surface area contributed by atoms with Crippen molar-refractivity contribution in [3.05, 3.63) is 30.0 Å². The first-order valence-corrected chi connectivity index (χ1v) is 9.86. The van der Waals surface area contributed by atoms with Crippen LogP contribution in [0.1, 0.15) is 5.69 Å². The maximum atomic E-state index is 12.0. The molecule has 2 aliphatic rings. The van der Waals surface area contributed by atoms with E-state index in [0.717, 1.165) is 30.2 Å². The number of ether oxygens (including phenoxy) is 2. The molecule has 0 radical (unpaired) electrons. The van der Waals surface area contributed by atoms with Gasteiger partial charge in [0.05, 0.1) is 32.5 Å². The van der Waals surface area contributed by atoms with E-state index in [1.54, 1.807) is 19.2 Å². The summed E-state index contributed by atoms with van der Waals surface area (Å²) in [4.78, 5) is 23.5. The number of benzene rings is 1. The lowest BCUT2D eigenvalue weighted by molar-refractivity contribution is 0.000735. The number of carbonyl (C=O) groups excluding carboxylic acids is 1.